The van der Waals surface area contributed by atoms with Crippen LogP contribution < -0.4 is 5.01 Å². The number of hydrazine groups is 1. The van der Waals surface area contributed by atoms with E-state index in [1.54, 1.807) is 18.9 Å². The first-order valence-electron chi connectivity index (χ1n) is 6.64. The summed E-state index contributed by atoms with van der Waals surface area (Å²) in [6.45, 7) is 5.20. The second-order valence-electron chi connectivity index (χ2n) is 5.19. The van der Waals surface area contributed by atoms with Crippen molar-refractivity contribution in [3.05, 3.63) is 30.3 Å². The van der Waals surface area contributed by atoms with Gasteiger partial charge in [0.2, 0.25) is 5.91 Å². The zero-order valence-electron chi connectivity index (χ0n) is 11.7. The highest BCUT2D eigenvalue weighted by molar-refractivity contribution is 5.79. The van der Waals surface area contributed by atoms with E-state index in [4.69, 9.17) is 0 Å². The number of hydrogen-bond donors (Lipinski definition) is 0. The third kappa shape index (κ3) is 2.78. The monoisotopic (exact) mass is 260 g/mol. The maximum atomic E-state index is 11.9. The van der Waals surface area contributed by atoms with Crippen molar-refractivity contribution in [2.45, 2.75) is 45.7 Å². The van der Waals surface area contributed by atoms with Crippen molar-refractivity contribution in [1.29, 1.82) is 0 Å². The quantitative estimate of drug-likeness (QED) is 0.838. The van der Waals surface area contributed by atoms with E-state index in [0.717, 1.165) is 12.1 Å². The van der Waals surface area contributed by atoms with Gasteiger partial charge in [-0.05, 0) is 32.4 Å². The van der Waals surface area contributed by atoms with Crippen LogP contribution in [0, 0.1) is 0 Å². The van der Waals surface area contributed by atoms with Crippen LogP contribution in [0.2, 0.25) is 0 Å². The summed E-state index contributed by atoms with van der Waals surface area (Å²) in [6.07, 6.45) is 1.30. The SMILES string of the molecule is CC(=O)CC1CC(C)N(C(C)=O)N1c1ccccc1. The topological polar surface area (TPSA) is 40.6 Å². The molecule has 4 nitrogen and oxygen atoms in total. The Morgan fingerprint density at radius 3 is 2.37 bits per heavy atom. The van der Waals surface area contributed by atoms with Crippen molar-refractivity contribution in [2.24, 2.45) is 0 Å². The van der Waals surface area contributed by atoms with E-state index >= 15 is 0 Å². The van der Waals surface area contributed by atoms with Gasteiger partial charge in [-0.1, -0.05) is 18.2 Å². The lowest BCUT2D eigenvalue weighted by molar-refractivity contribution is -0.130. The summed E-state index contributed by atoms with van der Waals surface area (Å²) in [6, 6.07) is 9.98. The van der Waals surface area contributed by atoms with E-state index in [0.29, 0.717) is 6.42 Å². The molecule has 0 spiro atoms. The van der Waals surface area contributed by atoms with Crippen LogP contribution in [0.4, 0.5) is 5.69 Å². The zero-order chi connectivity index (χ0) is 14.0. The molecule has 1 fully saturated rings. The lowest BCUT2D eigenvalue weighted by Gasteiger charge is -2.34. The van der Waals surface area contributed by atoms with Gasteiger partial charge in [-0.15, -0.1) is 0 Å². The number of rotatable bonds is 3. The Balaban J connectivity index is 2.35. The lowest BCUT2D eigenvalue weighted by Crippen LogP contribution is -2.46. The molecule has 1 amide bonds. The molecule has 0 saturated carbocycles. The second kappa shape index (κ2) is 5.43. The Morgan fingerprint density at radius 2 is 1.84 bits per heavy atom. The number of hydrogen-bond acceptors (Lipinski definition) is 3. The van der Waals surface area contributed by atoms with Gasteiger partial charge >= 0.3 is 0 Å². The fourth-order valence-electron chi connectivity index (χ4n) is 2.86. The Hall–Kier alpha value is -1.84. The third-order valence-electron chi connectivity index (χ3n) is 3.48. The summed E-state index contributed by atoms with van der Waals surface area (Å²) in [5.41, 5.74) is 0.966. The summed E-state index contributed by atoms with van der Waals surface area (Å²) >= 11 is 0. The number of carbonyl (C=O) groups is 2. The van der Waals surface area contributed by atoms with Gasteiger partial charge in [0.05, 0.1) is 17.8 Å². The standard InChI is InChI=1S/C15H20N2O2/c1-11-9-15(10-12(2)18)17(16(11)13(3)19)14-7-5-4-6-8-14/h4-8,11,15H,9-10H2,1-3H3. The predicted octanol–water partition coefficient (Wildman–Crippen LogP) is 2.40. The predicted molar refractivity (Wildman–Crippen MR) is 74.6 cm³/mol. The molecule has 0 bridgehead atoms. The molecular weight excluding hydrogens is 240 g/mol. The van der Waals surface area contributed by atoms with E-state index in [1.165, 1.54) is 0 Å². The van der Waals surface area contributed by atoms with Crippen LogP contribution in [-0.2, 0) is 9.59 Å². The van der Waals surface area contributed by atoms with Crippen molar-refractivity contribution in [3.8, 4) is 0 Å². The molecule has 1 heterocycles. The second-order valence-corrected chi connectivity index (χ2v) is 5.19. The molecule has 2 unspecified atom stereocenters. The molecule has 1 aromatic carbocycles. The molecule has 0 N–H and O–H groups in total. The molecule has 0 radical (unpaired) electrons. The number of para-hydroxylation sites is 1. The first-order valence-corrected chi connectivity index (χ1v) is 6.64. The molecule has 4 heteroatoms. The average Bonchev–Trinajstić information content (AvgIpc) is 2.66. The average molecular weight is 260 g/mol. The fourth-order valence-corrected chi connectivity index (χ4v) is 2.86. The number of carbonyl (C=O) groups excluding carboxylic acids is 2. The molecule has 1 aromatic rings. The van der Waals surface area contributed by atoms with Crippen molar-refractivity contribution in [2.75, 3.05) is 5.01 Å². The van der Waals surface area contributed by atoms with Gasteiger partial charge in [0, 0.05) is 13.3 Å². The highest BCUT2D eigenvalue weighted by Gasteiger charge is 2.39. The van der Waals surface area contributed by atoms with Crippen LogP contribution in [0.25, 0.3) is 0 Å². The summed E-state index contributed by atoms with van der Waals surface area (Å²) in [5.74, 6) is 0.172. The third-order valence-corrected chi connectivity index (χ3v) is 3.48. The smallest absolute Gasteiger partial charge is 0.238 e. The normalized spacial score (nSPS) is 22.7. The highest BCUT2D eigenvalue weighted by atomic mass is 16.2. The number of amides is 1. The molecule has 2 atom stereocenters. The number of anilines is 1. The van der Waals surface area contributed by atoms with E-state index in [-0.39, 0.29) is 23.8 Å². The maximum absolute atomic E-state index is 11.9. The van der Waals surface area contributed by atoms with Crippen LogP contribution in [0.5, 0.6) is 0 Å². The van der Waals surface area contributed by atoms with E-state index in [1.807, 2.05) is 42.3 Å². The molecule has 102 valence electrons. The molecule has 0 aromatic heterocycles. The Bertz CT molecular complexity index is 472. The lowest BCUT2D eigenvalue weighted by atomic mass is 10.1. The van der Waals surface area contributed by atoms with Crippen molar-refractivity contribution in [3.63, 3.8) is 0 Å². The van der Waals surface area contributed by atoms with E-state index in [2.05, 4.69) is 0 Å². The first kappa shape index (κ1) is 13.6. The minimum Gasteiger partial charge on any atom is -0.300 e. The van der Waals surface area contributed by atoms with Crippen molar-refractivity contribution in [1.82, 2.24) is 5.01 Å². The summed E-state index contributed by atoms with van der Waals surface area (Å²) in [7, 11) is 0. The van der Waals surface area contributed by atoms with E-state index < -0.39 is 0 Å². The van der Waals surface area contributed by atoms with Gasteiger partial charge in [-0.3, -0.25) is 19.6 Å². The van der Waals surface area contributed by atoms with Gasteiger partial charge in [-0.25, -0.2) is 0 Å². The molecule has 19 heavy (non-hydrogen) atoms. The Kier molecular flexibility index (Phi) is 3.88. The molecular formula is C15H20N2O2. The van der Waals surface area contributed by atoms with Crippen molar-refractivity contribution < 1.29 is 9.59 Å². The fraction of sp³-hybridized carbons (Fsp3) is 0.467. The largest absolute Gasteiger partial charge is 0.300 e. The minimum atomic E-state index is 0.0161. The van der Waals surface area contributed by atoms with Crippen LogP contribution in [0.3, 0.4) is 0 Å². The molecule has 1 aliphatic heterocycles. The number of nitrogens with zero attached hydrogens (tertiary/aromatic N) is 2. The van der Waals surface area contributed by atoms with Crippen LogP contribution >= 0.6 is 0 Å². The van der Waals surface area contributed by atoms with Crippen LogP contribution in [0.1, 0.15) is 33.6 Å². The summed E-state index contributed by atoms with van der Waals surface area (Å²) in [4.78, 5) is 23.3. The first-order chi connectivity index (χ1) is 9.00. The number of benzene rings is 1. The van der Waals surface area contributed by atoms with Gasteiger partial charge in [0.15, 0.2) is 0 Å². The minimum absolute atomic E-state index is 0.0161. The van der Waals surface area contributed by atoms with Gasteiger partial charge in [-0.2, -0.15) is 0 Å². The van der Waals surface area contributed by atoms with Crippen LogP contribution in [-0.4, -0.2) is 28.8 Å². The highest BCUT2D eigenvalue weighted by Crippen LogP contribution is 2.32. The molecule has 1 saturated heterocycles. The van der Waals surface area contributed by atoms with Crippen LogP contribution in [0.15, 0.2) is 30.3 Å². The van der Waals surface area contributed by atoms with Gasteiger partial charge < -0.3 is 0 Å². The Morgan fingerprint density at radius 1 is 1.21 bits per heavy atom. The maximum Gasteiger partial charge on any atom is 0.238 e. The Labute approximate surface area is 114 Å². The van der Waals surface area contributed by atoms with E-state index in [9.17, 15) is 9.59 Å². The van der Waals surface area contributed by atoms with Gasteiger partial charge in [0.25, 0.3) is 0 Å². The summed E-state index contributed by atoms with van der Waals surface area (Å²) in [5, 5.41) is 3.75. The summed E-state index contributed by atoms with van der Waals surface area (Å²) < 4.78 is 0. The van der Waals surface area contributed by atoms with Crippen molar-refractivity contribution >= 4 is 17.4 Å². The molecule has 2 rings (SSSR count). The van der Waals surface area contributed by atoms with Gasteiger partial charge in [0.1, 0.15) is 5.78 Å². The molecule has 1 aliphatic rings. The number of Topliss-reactive ketones (excluding diaryl/α,β-unsaturated/α-hetero) is 1. The zero-order valence-corrected chi connectivity index (χ0v) is 11.7. The molecule has 0 aliphatic carbocycles. The number of ketones is 1.